The minimum absolute atomic E-state index is 0.0390. The number of ether oxygens (including phenoxy) is 1. The van der Waals surface area contributed by atoms with Crippen molar-refractivity contribution in [1.29, 1.82) is 0 Å². The highest BCUT2D eigenvalue weighted by Crippen LogP contribution is 2.22. The van der Waals surface area contributed by atoms with Crippen LogP contribution in [0.25, 0.3) is 0 Å². The maximum absolute atomic E-state index is 9.26. The van der Waals surface area contributed by atoms with E-state index in [1.165, 1.54) is 25.2 Å². The standard InChI is InChI=1S/C14H20N6O3S.C3H8/c1-20(22)19-13-16-12(15-7-8-21)17-14(18-13)24-9-10-3-5-11(23-2)6-4-10;1-3-2/h3-6,21-22H,7-9H2,1-2H3,(H2,15,16,17,18,19);3H2,1-2H3. The van der Waals surface area contributed by atoms with Crippen LogP contribution in [0.3, 0.4) is 0 Å². The largest absolute Gasteiger partial charge is 0.497 e. The molecule has 1 aromatic carbocycles. The number of methoxy groups -OCH3 is 1. The van der Waals surface area contributed by atoms with Crippen molar-refractivity contribution in [3.05, 3.63) is 29.8 Å². The Bertz CT molecular complexity index is 658. The average Bonchev–Trinajstić information content (AvgIpc) is 2.65. The van der Waals surface area contributed by atoms with Crippen molar-refractivity contribution in [1.82, 2.24) is 20.1 Å². The summed E-state index contributed by atoms with van der Waals surface area (Å²) in [5, 5.41) is 22.3. The second kappa shape index (κ2) is 13.1. The molecule has 0 aliphatic rings. The SMILES string of the molecule is CCC.COc1ccc(CSc2nc(NCCO)nc(NN(C)O)n2)cc1. The van der Waals surface area contributed by atoms with E-state index >= 15 is 0 Å². The van der Waals surface area contributed by atoms with Crippen LogP contribution in [0.5, 0.6) is 5.75 Å². The minimum Gasteiger partial charge on any atom is -0.497 e. The van der Waals surface area contributed by atoms with Crippen molar-refractivity contribution in [3.63, 3.8) is 0 Å². The molecule has 27 heavy (non-hydrogen) atoms. The number of nitrogens with one attached hydrogen (secondary N) is 2. The van der Waals surface area contributed by atoms with Gasteiger partial charge >= 0.3 is 0 Å². The van der Waals surface area contributed by atoms with Gasteiger partial charge in [-0.2, -0.15) is 15.0 Å². The fourth-order valence-corrected chi connectivity index (χ4v) is 2.52. The summed E-state index contributed by atoms with van der Waals surface area (Å²) in [6.07, 6.45) is 1.25. The molecule has 0 aliphatic heterocycles. The van der Waals surface area contributed by atoms with Crippen molar-refractivity contribution in [2.24, 2.45) is 0 Å². The van der Waals surface area contributed by atoms with Crippen LogP contribution in [0.4, 0.5) is 11.9 Å². The fourth-order valence-electron chi connectivity index (χ4n) is 1.73. The van der Waals surface area contributed by atoms with Crippen molar-refractivity contribution in [2.45, 2.75) is 31.2 Å². The molecule has 0 amide bonds. The summed E-state index contributed by atoms with van der Waals surface area (Å²) in [4.78, 5) is 12.6. The predicted molar refractivity (Wildman–Crippen MR) is 107 cm³/mol. The molecule has 0 unspecified atom stereocenters. The molecule has 0 bridgehead atoms. The third-order valence-electron chi connectivity index (χ3n) is 2.80. The Hall–Kier alpha value is -2.14. The molecule has 1 aromatic heterocycles. The molecule has 0 atom stereocenters. The summed E-state index contributed by atoms with van der Waals surface area (Å²) in [7, 11) is 3.04. The van der Waals surface area contributed by atoms with E-state index in [1.807, 2.05) is 24.3 Å². The number of aromatic nitrogens is 3. The van der Waals surface area contributed by atoms with Gasteiger partial charge in [0.15, 0.2) is 5.16 Å². The van der Waals surface area contributed by atoms with Gasteiger partial charge in [-0.1, -0.05) is 44.2 Å². The van der Waals surface area contributed by atoms with Crippen LogP contribution in [0.2, 0.25) is 0 Å². The van der Waals surface area contributed by atoms with E-state index in [0.717, 1.165) is 16.5 Å². The lowest BCUT2D eigenvalue weighted by Gasteiger charge is -2.12. The lowest BCUT2D eigenvalue weighted by molar-refractivity contribution is -0.0395. The Kier molecular flexibility index (Phi) is 11.1. The van der Waals surface area contributed by atoms with Gasteiger partial charge in [-0.25, -0.2) is 0 Å². The van der Waals surface area contributed by atoms with Crippen LogP contribution in [0, 0.1) is 0 Å². The van der Waals surface area contributed by atoms with Crippen molar-refractivity contribution in [3.8, 4) is 5.75 Å². The number of anilines is 2. The van der Waals surface area contributed by atoms with Crippen molar-refractivity contribution < 1.29 is 15.1 Å². The predicted octanol–water partition coefficient (Wildman–Crippen LogP) is 2.64. The number of hydrazine groups is 1. The van der Waals surface area contributed by atoms with Crippen LogP contribution in [-0.4, -0.2) is 57.7 Å². The molecule has 2 aromatic rings. The zero-order chi connectivity index (χ0) is 20.1. The van der Waals surface area contributed by atoms with Gasteiger partial charge in [0.25, 0.3) is 0 Å². The number of aliphatic hydroxyl groups excluding tert-OH is 1. The van der Waals surface area contributed by atoms with E-state index in [0.29, 0.717) is 23.4 Å². The van der Waals surface area contributed by atoms with E-state index < -0.39 is 0 Å². The number of aliphatic hydroxyl groups is 1. The fraction of sp³-hybridized carbons (Fsp3) is 0.471. The Labute approximate surface area is 164 Å². The molecule has 0 radical (unpaired) electrons. The molecule has 9 nitrogen and oxygen atoms in total. The molecule has 2 rings (SSSR count). The van der Waals surface area contributed by atoms with Crippen molar-refractivity contribution >= 4 is 23.7 Å². The summed E-state index contributed by atoms with van der Waals surface area (Å²) in [5.74, 6) is 1.99. The van der Waals surface area contributed by atoms with Gasteiger partial charge < -0.3 is 15.2 Å². The van der Waals surface area contributed by atoms with Crippen LogP contribution in [0.15, 0.2) is 29.4 Å². The van der Waals surface area contributed by atoms with Crippen LogP contribution >= 0.6 is 11.8 Å². The maximum Gasteiger partial charge on any atom is 0.245 e. The van der Waals surface area contributed by atoms with Gasteiger partial charge in [-0.3, -0.25) is 10.6 Å². The Morgan fingerprint density at radius 2 is 1.74 bits per heavy atom. The van der Waals surface area contributed by atoms with E-state index in [-0.39, 0.29) is 12.6 Å². The highest BCUT2D eigenvalue weighted by molar-refractivity contribution is 7.98. The van der Waals surface area contributed by atoms with E-state index in [1.54, 1.807) is 7.11 Å². The van der Waals surface area contributed by atoms with Crippen molar-refractivity contribution in [2.75, 3.05) is 38.1 Å². The topological polar surface area (TPSA) is 116 Å². The number of hydrogen-bond acceptors (Lipinski definition) is 10. The molecule has 4 N–H and O–H groups in total. The first kappa shape index (κ1) is 22.9. The smallest absolute Gasteiger partial charge is 0.245 e. The molecule has 1 heterocycles. The quantitative estimate of drug-likeness (QED) is 0.372. The molecular formula is C17H28N6O3S. The van der Waals surface area contributed by atoms with Gasteiger partial charge in [0, 0.05) is 19.3 Å². The first-order valence-electron chi connectivity index (χ1n) is 8.58. The number of rotatable bonds is 9. The van der Waals surface area contributed by atoms with Gasteiger partial charge in [0.05, 0.1) is 13.7 Å². The number of hydroxylamine groups is 1. The highest BCUT2D eigenvalue weighted by atomic mass is 32.2. The number of benzene rings is 1. The van der Waals surface area contributed by atoms with E-state index in [9.17, 15) is 5.21 Å². The molecular weight excluding hydrogens is 368 g/mol. The first-order chi connectivity index (χ1) is 13.0. The van der Waals surface area contributed by atoms with Crippen LogP contribution in [0.1, 0.15) is 25.8 Å². The zero-order valence-electron chi connectivity index (χ0n) is 16.1. The summed E-state index contributed by atoms with van der Waals surface area (Å²) >= 11 is 1.43. The lowest BCUT2D eigenvalue weighted by Crippen LogP contribution is -2.23. The number of nitrogens with zero attached hydrogens (tertiary/aromatic N) is 4. The Morgan fingerprint density at radius 1 is 1.11 bits per heavy atom. The lowest BCUT2D eigenvalue weighted by atomic mass is 10.2. The second-order valence-electron chi connectivity index (χ2n) is 5.39. The molecule has 10 heteroatoms. The molecule has 0 spiro atoms. The van der Waals surface area contributed by atoms with Crippen LogP contribution in [-0.2, 0) is 5.75 Å². The Balaban J connectivity index is 0.00000114. The van der Waals surface area contributed by atoms with Gasteiger partial charge in [-0.15, -0.1) is 5.17 Å². The molecule has 0 saturated carbocycles. The first-order valence-corrected chi connectivity index (χ1v) is 9.56. The van der Waals surface area contributed by atoms with Gasteiger partial charge in [0.2, 0.25) is 11.9 Å². The summed E-state index contributed by atoms with van der Waals surface area (Å²) in [6.45, 7) is 4.53. The molecule has 0 fully saturated rings. The zero-order valence-corrected chi connectivity index (χ0v) is 17.0. The van der Waals surface area contributed by atoms with E-state index in [4.69, 9.17) is 9.84 Å². The van der Waals surface area contributed by atoms with Gasteiger partial charge in [0.1, 0.15) is 5.75 Å². The Morgan fingerprint density at radius 3 is 2.30 bits per heavy atom. The monoisotopic (exact) mass is 396 g/mol. The number of hydrogen-bond donors (Lipinski definition) is 4. The van der Waals surface area contributed by atoms with Gasteiger partial charge in [-0.05, 0) is 17.7 Å². The minimum atomic E-state index is -0.0390. The maximum atomic E-state index is 9.26. The summed E-state index contributed by atoms with van der Waals surface area (Å²) in [6, 6.07) is 7.73. The normalized spacial score (nSPS) is 10.2. The molecule has 0 aliphatic carbocycles. The summed E-state index contributed by atoms with van der Waals surface area (Å²) in [5.41, 5.74) is 3.67. The average molecular weight is 397 g/mol. The second-order valence-corrected chi connectivity index (χ2v) is 6.34. The van der Waals surface area contributed by atoms with Crippen LogP contribution < -0.4 is 15.5 Å². The summed E-state index contributed by atoms with van der Waals surface area (Å²) < 4.78 is 5.13. The highest BCUT2D eigenvalue weighted by Gasteiger charge is 2.08. The third-order valence-corrected chi connectivity index (χ3v) is 3.72. The molecule has 0 saturated heterocycles. The van der Waals surface area contributed by atoms with E-state index in [2.05, 4.69) is 39.5 Å². The molecule has 150 valence electrons. The number of thioether (sulfide) groups is 1. The third kappa shape index (κ3) is 9.38.